The minimum absolute atomic E-state index is 0.121. The number of nitrogens with zero attached hydrogens (tertiary/aromatic N) is 4. The molecule has 2 aromatic heterocycles. The van der Waals surface area contributed by atoms with E-state index in [1.807, 2.05) is 32.0 Å². The number of thioether (sulfide) groups is 1. The lowest BCUT2D eigenvalue weighted by molar-refractivity contribution is -0.113. The van der Waals surface area contributed by atoms with Gasteiger partial charge >= 0.3 is 5.97 Å². The molecule has 1 N–H and O–H groups in total. The number of hydrogen-bond acceptors (Lipinski definition) is 8. The van der Waals surface area contributed by atoms with Crippen LogP contribution in [0.25, 0.3) is 5.69 Å². The van der Waals surface area contributed by atoms with Crippen LogP contribution in [0.3, 0.4) is 0 Å². The number of benzene rings is 1. The first-order valence-electron chi connectivity index (χ1n) is 10.1. The van der Waals surface area contributed by atoms with Gasteiger partial charge in [0.1, 0.15) is 5.00 Å². The van der Waals surface area contributed by atoms with E-state index >= 15 is 0 Å². The summed E-state index contributed by atoms with van der Waals surface area (Å²) in [6.07, 6.45) is 2.80. The van der Waals surface area contributed by atoms with Crippen LogP contribution < -0.4 is 5.32 Å². The number of aromatic nitrogens is 4. The Morgan fingerprint density at radius 2 is 2.10 bits per heavy atom. The Morgan fingerprint density at radius 1 is 1.26 bits per heavy atom. The summed E-state index contributed by atoms with van der Waals surface area (Å²) in [6, 6.07) is 5.97. The topological polar surface area (TPSA) is 99.0 Å². The molecule has 1 aliphatic rings. The van der Waals surface area contributed by atoms with Crippen LogP contribution >= 0.6 is 23.1 Å². The normalized spacial score (nSPS) is 12.6. The number of nitrogens with one attached hydrogen (secondary N) is 1. The van der Waals surface area contributed by atoms with Crippen molar-refractivity contribution in [2.75, 3.05) is 17.7 Å². The first-order valence-corrected chi connectivity index (χ1v) is 11.9. The summed E-state index contributed by atoms with van der Waals surface area (Å²) in [5, 5.41) is 15.9. The zero-order chi connectivity index (χ0) is 22.0. The fourth-order valence-electron chi connectivity index (χ4n) is 3.49. The molecule has 0 atom stereocenters. The lowest BCUT2D eigenvalue weighted by Gasteiger charge is -2.08. The molecule has 0 bridgehead atoms. The molecule has 0 radical (unpaired) electrons. The molecule has 10 heteroatoms. The summed E-state index contributed by atoms with van der Waals surface area (Å²) in [7, 11) is 0. The summed E-state index contributed by atoms with van der Waals surface area (Å²) in [5.41, 5.74) is 4.70. The van der Waals surface area contributed by atoms with Crippen LogP contribution in [0.15, 0.2) is 23.4 Å². The summed E-state index contributed by atoms with van der Waals surface area (Å²) in [5.74, 6) is -0.468. The number of rotatable bonds is 7. The predicted molar refractivity (Wildman–Crippen MR) is 120 cm³/mol. The van der Waals surface area contributed by atoms with Gasteiger partial charge in [-0.3, -0.25) is 4.79 Å². The number of hydrogen-bond donors (Lipinski definition) is 1. The number of tetrazole rings is 1. The average Bonchev–Trinajstić information content (AvgIpc) is 3.44. The Bertz CT molecular complexity index is 1140. The van der Waals surface area contributed by atoms with Crippen molar-refractivity contribution in [3.05, 3.63) is 45.3 Å². The summed E-state index contributed by atoms with van der Waals surface area (Å²) in [4.78, 5) is 26.3. The zero-order valence-electron chi connectivity index (χ0n) is 17.6. The van der Waals surface area contributed by atoms with E-state index in [4.69, 9.17) is 4.74 Å². The number of carbonyl (C=O) groups is 2. The maximum atomic E-state index is 12.7. The van der Waals surface area contributed by atoms with Crippen molar-refractivity contribution in [1.82, 2.24) is 20.2 Å². The van der Waals surface area contributed by atoms with E-state index in [0.29, 0.717) is 22.3 Å². The van der Waals surface area contributed by atoms with Gasteiger partial charge < -0.3 is 10.1 Å². The van der Waals surface area contributed by atoms with E-state index in [1.165, 1.54) is 28.7 Å². The van der Waals surface area contributed by atoms with Crippen molar-refractivity contribution in [1.29, 1.82) is 0 Å². The minimum atomic E-state index is -0.372. The molecule has 0 saturated carbocycles. The lowest BCUT2D eigenvalue weighted by Crippen LogP contribution is -2.17. The number of aryl methyl sites for hydroxylation is 3. The van der Waals surface area contributed by atoms with Gasteiger partial charge in [-0.15, -0.1) is 16.4 Å². The fraction of sp³-hybridized carbons (Fsp3) is 0.381. The molecule has 1 amide bonds. The summed E-state index contributed by atoms with van der Waals surface area (Å²) in [6.45, 7) is 6.15. The van der Waals surface area contributed by atoms with E-state index in [1.54, 1.807) is 11.6 Å². The average molecular weight is 458 g/mol. The highest BCUT2D eigenvalue weighted by Crippen LogP contribution is 2.39. The van der Waals surface area contributed by atoms with E-state index in [2.05, 4.69) is 20.8 Å². The van der Waals surface area contributed by atoms with Gasteiger partial charge in [0.15, 0.2) is 0 Å². The predicted octanol–water partition coefficient (Wildman–Crippen LogP) is 3.74. The van der Waals surface area contributed by atoms with Crippen LogP contribution in [0, 0.1) is 13.8 Å². The quantitative estimate of drug-likeness (QED) is 0.426. The summed E-state index contributed by atoms with van der Waals surface area (Å²) >= 11 is 2.71. The lowest BCUT2D eigenvalue weighted by atomic mass is 10.1. The molecule has 0 unspecified atom stereocenters. The van der Waals surface area contributed by atoms with Gasteiger partial charge in [0, 0.05) is 4.88 Å². The Morgan fingerprint density at radius 3 is 2.87 bits per heavy atom. The Balaban J connectivity index is 1.46. The molecule has 1 aliphatic carbocycles. The van der Waals surface area contributed by atoms with Crippen LogP contribution in [0.4, 0.5) is 5.00 Å². The SMILES string of the molecule is CCOC(=O)c1c(NC(=O)CSc2nnnn2-c2ccc(C)c(C)c2)sc2c1CCC2. The molecule has 0 aliphatic heterocycles. The molecule has 0 spiro atoms. The maximum Gasteiger partial charge on any atom is 0.341 e. The van der Waals surface area contributed by atoms with Gasteiger partial charge in [0.05, 0.1) is 23.6 Å². The van der Waals surface area contributed by atoms with Gasteiger partial charge in [0.25, 0.3) is 0 Å². The van der Waals surface area contributed by atoms with Gasteiger partial charge in [-0.25, -0.2) is 4.79 Å². The third kappa shape index (κ3) is 4.49. The molecule has 0 saturated heterocycles. The van der Waals surface area contributed by atoms with Crippen LogP contribution in [-0.2, 0) is 22.4 Å². The third-order valence-electron chi connectivity index (χ3n) is 5.16. The number of anilines is 1. The van der Waals surface area contributed by atoms with Crippen molar-refractivity contribution in [3.63, 3.8) is 0 Å². The summed E-state index contributed by atoms with van der Waals surface area (Å²) < 4.78 is 6.84. The Labute approximate surface area is 188 Å². The fourth-order valence-corrected chi connectivity index (χ4v) is 5.48. The number of carbonyl (C=O) groups excluding carboxylic acids is 2. The van der Waals surface area contributed by atoms with Crippen LogP contribution in [0.1, 0.15) is 45.3 Å². The second kappa shape index (κ2) is 9.19. The van der Waals surface area contributed by atoms with Crippen molar-refractivity contribution in [2.45, 2.75) is 45.2 Å². The van der Waals surface area contributed by atoms with Gasteiger partial charge in [-0.2, -0.15) is 4.68 Å². The molecule has 1 aromatic carbocycles. The standard InChI is InChI=1S/C21H23N5O3S2/c1-4-29-20(28)18-15-6-5-7-16(15)31-19(18)22-17(27)11-30-21-23-24-25-26(21)14-9-8-12(2)13(3)10-14/h8-10H,4-7,11H2,1-3H3,(H,22,27). The molecule has 2 heterocycles. The minimum Gasteiger partial charge on any atom is -0.462 e. The molecular weight excluding hydrogens is 434 g/mol. The maximum absolute atomic E-state index is 12.7. The van der Waals surface area contributed by atoms with Crippen LogP contribution in [0.2, 0.25) is 0 Å². The molecule has 4 rings (SSSR count). The molecule has 31 heavy (non-hydrogen) atoms. The van der Waals surface area contributed by atoms with Crippen molar-refractivity contribution >= 4 is 40.0 Å². The van der Waals surface area contributed by atoms with Gasteiger partial charge in [-0.05, 0) is 79.3 Å². The second-order valence-electron chi connectivity index (χ2n) is 7.26. The van der Waals surface area contributed by atoms with E-state index in [0.717, 1.165) is 41.0 Å². The van der Waals surface area contributed by atoms with Crippen LogP contribution in [0.5, 0.6) is 0 Å². The van der Waals surface area contributed by atoms with Gasteiger partial charge in [-0.1, -0.05) is 17.8 Å². The second-order valence-corrected chi connectivity index (χ2v) is 9.31. The third-order valence-corrected chi connectivity index (χ3v) is 7.29. The Hall–Kier alpha value is -2.72. The van der Waals surface area contributed by atoms with Crippen LogP contribution in [-0.4, -0.2) is 44.4 Å². The molecule has 0 fully saturated rings. The highest BCUT2D eigenvalue weighted by atomic mass is 32.2. The van der Waals surface area contributed by atoms with Crippen molar-refractivity contribution < 1.29 is 14.3 Å². The highest BCUT2D eigenvalue weighted by molar-refractivity contribution is 7.99. The Kier molecular flexibility index (Phi) is 6.38. The number of fused-ring (bicyclic) bond motifs is 1. The van der Waals surface area contributed by atoms with E-state index < -0.39 is 0 Å². The largest absolute Gasteiger partial charge is 0.462 e. The van der Waals surface area contributed by atoms with E-state index in [-0.39, 0.29) is 17.6 Å². The number of ether oxygens (including phenoxy) is 1. The first-order chi connectivity index (χ1) is 15.0. The van der Waals surface area contributed by atoms with Crippen molar-refractivity contribution in [3.8, 4) is 5.69 Å². The van der Waals surface area contributed by atoms with E-state index in [9.17, 15) is 9.59 Å². The van der Waals surface area contributed by atoms with Crippen molar-refractivity contribution in [2.24, 2.45) is 0 Å². The first kappa shape index (κ1) is 21.5. The zero-order valence-corrected chi connectivity index (χ0v) is 19.2. The number of esters is 1. The number of thiophene rings is 1. The highest BCUT2D eigenvalue weighted by Gasteiger charge is 2.28. The van der Waals surface area contributed by atoms with Gasteiger partial charge in [0.2, 0.25) is 11.1 Å². The molecule has 3 aromatic rings. The number of amides is 1. The monoisotopic (exact) mass is 457 g/mol. The smallest absolute Gasteiger partial charge is 0.341 e. The molecular formula is C21H23N5O3S2. The molecule has 8 nitrogen and oxygen atoms in total. The molecule has 162 valence electrons.